The van der Waals surface area contributed by atoms with Crippen molar-refractivity contribution in [3.8, 4) is 0 Å². The van der Waals surface area contributed by atoms with Crippen LogP contribution in [0.3, 0.4) is 0 Å². The van der Waals surface area contributed by atoms with Gasteiger partial charge in [0.15, 0.2) is 11.2 Å². The quantitative estimate of drug-likeness (QED) is 0.449. The first-order valence-electron chi connectivity index (χ1n) is 10.2. The molecule has 2 saturated carbocycles. The standard InChI is InChI=1S/C20H26O9/c1-7(21)18(24)6-19(28-15(18)23)12-13(27-12)20-9-8(16(2,3)29-20)10(26-14(9)22)11(25-5)17(19,20)4/h7-13,21,24H,6H2,1-5H3/t7-,8-,9+,10+,11+,12+,13-,17-,18+,19+,20-/m0/s1. The van der Waals surface area contributed by atoms with E-state index in [0.29, 0.717) is 0 Å². The van der Waals surface area contributed by atoms with Gasteiger partial charge in [0.25, 0.3) is 0 Å². The normalized spacial score (nSPS) is 61.3. The number of carbonyl (C=O) groups is 2. The number of methoxy groups -OCH3 is 1. The Kier molecular flexibility index (Phi) is 2.97. The first-order valence-corrected chi connectivity index (χ1v) is 10.2. The number of carbonyl (C=O) groups excluding carboxylic acids is 2. The van der Waals surface area contributed by atoms with Gasteiger partial charge >= 0.3 is 11.9 Å². The van der Waals surface area contributed by atoms with E-state index in [1.807, 2.05) is 20.8 Å². The lowest BCUT2D eigenvalue weighted by Crippen LogP contribution is -2.71. The van der Waals surface area contributed by atoms with E-state index in [4.69, 9.17) is 23.7 Å². The Hall–Kier alpha value is -1.26. The van der Waals surface area contributed by atoms with Crippen molar-refractivity contribution in [1.29, 1.82) is 0 Å². The Morgan fingerprint density at radius 2 is 1.90 bits per heavy atom. The number of fused-ring (bicyclic) bond motifs is 3. The van der Waals surface area contributed by atoms with E-state index < -0.39 is 70.2 Å². The van der Waals surface area contributed by atoms with E-state index in [-0.39, 0.29) is 18.3 Å². The Balaban J connectivity index is 1.61. The predicted molar refractivity (Wildman–Crippen MR) is 92.4 cm³/mol. The van der Waals surface area contributed by atoms with E-state index >= 15 is 0 Å². The summed E-state index contributed by atoms with van der Waals surface area (Å²) in [4.78, 5) is 25.8. The van der Waals surface area contributed by atoms with Gasteiger partial charge in [0.1, 0.15) is 30.0 Å². The Morgan fingerprint density at radius 3 is 2.48 bits per heavy atom. The number of esters is 2. The lowest BCUT2D eigenvalue weighted by atomic mass is 9.51. The maximum atomic E-state index is 13.0. The molecule has 2 aliphatic carbocycles. The van der Waals surface area contributed by atoms with Crippen LogP contribution in [-0.4, -0.2) is 82.2 Å². The number of epoxide rings is 1. The molecule has 0 aromatic heterocycles. The van der Waals surface area contributed by atoms with Crippen molar-refractivity contribution in [3.63, 3.8) is 0 Å². The van der Waals surface area contributed by atoms with Crippen LogP contribution in [-0.2, 0) is 33.3 Å². The van der Waals surface area contributed by atoms with E-state index in [9.17, 15) is 19.8 Å². The third kappa shape index (κ3) is 1.52. The highest BCUT2D eigenvalue weighted by molar-refractivity contribution is 5.85. The molecule has 4 heterocycles. The highest BCUT2D eigenvalue weighted by Crippen LogP contribution is 2.80. The molecule has 2 spiro atoms. The monoisotopic (exact) mass is 410 g/mol. The van der Waals surface area contributed by atoms with Gasteiger partial charge in [-0.25, -0.2) is 4.79 Å². The van der Waals surface area contributed by atoms with Crippen LogP contribution in [0.4, 0.5) is 0 Å². The molecule has 4 aliphatic heterocycles. The molecular weight excluding hydrogens is 384 g/mol. The molecule has 0 aromatic rings. The minimum absolute atomic E-state index is 0.169. The molecule has 9 nitrogen and oxygen atoms in total. The third-order valence-corrected chi connectivity index (χ3v) is 8.95. The fraction of sp³-hybridized carbons (Fsp3) is 0.900. The van der Waals surface area contributed by atoms with Gasteiger partial charge in [0, 0.05) is 19.4 Å². The molecule has 4 saturated heterocycles. The van der Waals surface area contributed by atoms with Gasteiger partial charge in [-0.15, -0.1) is 0 Å². The van der Waals surface area contributed by atoms with Crippen LogP contribution in [0.25, 0.3) is 0 Å². The number of hydrogen-bond acceptors (Lipinski definition) is 9. The molecule has 0 amide bonds. The van der Waals surface area contributed by atoms with Crippen molar-refractivity contribution in [2.24, 2.45) is 17.3 Å². The van der Waals surface area contributed by atoms with Gasteiger partial charge in [0.05, 0.1) is 23.0 Å². The SMILES string of the molecule is CO[C@@H]1[C@@H]2OC(=O)[C@H]3[C@@H]2C(C)(C)O[C@]32[C@H]3O[C@H]3[C@]3(C[C@@](O)([C@H](C)O)C(=O)O3)[C@]12C. The molecule has 160 valence electrons. The fourth-order valence-corrected chi connectivity index (χ4v) is 7.74. The van der Waals surface area contributed by atoms with Crippen molar-refractivity contribution < 1.29 is 43.5 Å². The van der Waals surface area contributed by atoms with Crippen LogP contribution in [0.5, 0.6) is 0 Å². The molecular formula is C20H26O9. The van der Waals surface area contributed by atoms with Crippen LogP contribution in [0.2, 0.25) is 0 Å². The predicted octanol–water partition coefficient (Wildman–Crippen LogP) is -0.695. The summed E-state index contributed by atoms with van der Waals surface area (Å²) < 4.78 is 30.3. The van der Waals surface area contributed by atoms with Crippen LogP contribution >= 0.6 is 0 Å². The van der Waals surface area contributed by atoms with E-state index in [2.05, 4.69) is 0 Å². The number of hydrogen-bond donors (Lipinski definition) is 2. The number of rotatable bonds is 2. The lowest BCUT2D eigenvalue weighted by Gasteiger charge is -2.55. The number of aliphatic hydroxyl groups excluding tert-OH is 1. The van der Waals surface area contributed by atoms with E-state index in [1.54, 1.807) is 7.11 Å². The molecule has 0 aromatic carbocycles. The molecule has 9 heteroatoms. The lowest BCUT2D eigenvalue weighted by molar-refractivity contribution is -0.264. The van der Waals surface area contributed by atoms with E-state index in [0.717, 1.165) is 0 Å². The van der Waals surface area contributed by atoms with Crippen molar-refractivity contribution in [2.75, 3.05) is 7.11 Å². The van der Waals surface area contributed by atoms with Crippen LogP contribution < -0.4 is 0 Å². The van der Waals surface area contributed by atoms with Crippen LogP contribution in [0.15, 0.2) is 0 Å². The van der Waals surface area contributed by atoms with Crippen LogP contribution in [0.1, 0.15) is 34.1 Å². The molecule has 29 heavy (non-hydrogen) atoms. The van der Waals surface area contributed by atoms with Gasteiger partial charge in [-0.1, -0.05) is 6.92 Å². The second-order valence-corrected chi connectivity index (χ2v) is 10.3. The van der Waals surface area contributed by atoms with Gasteiger partial charge < -0.3 is 33.9 Å². The number of aliphatic hydroxyl groups is 2. The summed E-state index contributed by atoms with van der Waals surface area (Å²) in [6.45, 7) is 7.11. The second-order valence-electron chi connectivity index (χ2n) is 10.3. The zero-order valence-corrected chi connectivity index (χ0v) is 17.0. The van der Waals surface area contributed by atoms with Crippen molar-refractivity contribution >= 4 is 11.9 Å². The van der Waals surface area contributed by atoms with E-state index in [1.165, 1.54) is 6.92 Å². The average molecular weight is 410 g/mol. The summed E-state index contributed by atoms with van der Waals surface area (Å²) in [6.07, 6.45) is -3.74. The Morgan fingerprint density at radius 1 is 1.21 bits per heavy atom. The zero-order valence-electron chi connectivity index (χ0n) is 17.0. The fourth-order valence-electron chi connectivity index (χ4n) is 7.74. The van der Waals surface area contributed by atoms with Gasteiger partial charge in [-0.3, -0.25) is 4.79 Å². The Bertz CT molecular complexity index is 855. The Labute approximate surface area is 167 Å². The first-order chi connectivity index (χ1) is 13.4. The molecule has 6 fully saturated rings. The highest BCUT2D eigenvalue weighted by atomic mass is 16.7. The van der Waals surface area contributed by atoms with Gasteiger partial charge in [0.2, 0.25) is 0 Å². The topological polar surface area (TPSA) is 124 Å². The van der Waals surface area contributed by atoms with Crippen molar-refractivity contribution in [2.45, 2.75) is 87.0 Å². The molecule has 2 N–H and O–H groups in total. The summed E-state index contributed by atoms with van der Waals surface area (Å²) in [7, 11) is 1.54. The largest absolute Gasteiger partial charge is 0.459 e. The summed E-state index contributed by atoms with van der Waals surface area (Å²) in [5.74, 6) is -2.04. The molecule has 0 radical (unpaired) electrons. The second kappa shape index (κ2) is 4.65. The first kappa shape index (κ1) is 18.5. The molecule has 0 unspecified atom stereocenters. The molecule has 11 atom stereocenters. The minimum Gasteiger partial charge on any atom is -0.459 e. The smallest absolute Gasteiger partial charge is 0.341 e. The summed E-state index contributed by atoms with van der Waals surface area (Å²) >= 11 is 0. The maximum Gasteiger partial charge on any atom is 0.341 e. The highest BCUT2D eigenvalue weighted by Gasteiger charge is 2.98. The minimum atomic E-state index is -2.07. The maximum absolute atomic E-state index is 13.0. The number of ether oxygens (including phenoxy) is 5. The van der Waals surface area contributed by atoms with Gasteiger partial charge in [-0.2, -0.15) is 0 Å². The summed E-state index contributed by atoms with van der Waals surface area (Å²) in [5, 5.41) is 21.1. The molecule has 4 bridgehead atoms. The average Bonchev–Trinajstić information content (AvgIpc) is 3.18. The van der Waals surface area contributed by atoms with Crippen molar-refractivity contribution in [1.82, 2.24) is 0 Å². The third-order valence-electron chi connectivity index (χ3n) is 8.95. The molecule has 6 rings (SSSR count). The zero-order chi connectivity index (χ0) is 20.9. The summed E-state index contributed by atoms with van der Waals surface area (Å²) in [6, 6.07) is 0. The van der Waals surface area contributed by atoms with Gasteiger partial charge in [-0.05, 0) is 20.8 Å². The van der Waals surface area contributed by atoms with Crippen LogP contribution in [0, 0.1) is 17.3 Å². The van der Waals surface area contributed by atoms with Crippen molar-refractivity contribution in [3.05, 3.63) is 0 Å². The summed E-state index contributed by atoms with van der Waals surface area (Å²) in [5.41, 5.74) is -6.19. The molecule has 6 aliphatic rings.